The van der Waals surface area contributed by atoms with Crippen molar-refractivity contribution in [1.82, 2.24) is 4.90 Å². The number of aliphatic hydroxyl groups excluding tert-OH is 1. The summed E-state index contributed by atoms with van der Waals surface area (Å²) in [6.07, 6.45) is -0.434. The Morgan fingerprint density at radius 1 is 1.21 bits per heavy atom. The van der Waals surface area contributed by atoms with Crippen LogP contribution in [0.15, 0.2) is 24.8 Å². The van der Waals surface area contributed by atoms with Gasteiger partial charge in [-0.15, -0.1) is 0 Å². The highest BCUT2D eigenvalue weighted by atomic mass is 16.6. The minimum Gasteiger partial charge on any atom is -0.493 e. The number of carbonyl (C=O) groups excluding carboxylic acids is 3. The Hall–Kier alpha value is -3.31. The van der Waals surface area contributed by atoms with E-state index in [1.54, 1.807) is 0 Å². The van der Waals surface area contributed by atoms with Crippen molar-refractivity contribution < 1.29 is 43.2 Å². The lowest BCUT2D eigenvalue weighted by atomic mass is 10.1. The zero-order chi connectivity index (χ0) is 24.8. The third kappa shape index (κ3) is 4.95. The van der Waals surface area contributed by atoms with E-state index >= 15 is 0 Å². The number of rotatable bonds is 9. The molecule has 11 nitrogen and oxygen atoms in total. The SMILES string of the molecule is C=CCOC(=O)N1c2cc(OC)c(OC)cc2C(=O)N2CCC(OCCCC(=O)OC)C2C1O. The lowest BCUT2D eigenvalue weighted by molar-refractivity contribution is -0.141. The molecule has 3 atom stereocenters. The second-order valence-corrected chi connectivity index (χ2v) is 7.74. The number of anilines is 1. The molecule has 0 aliphatic carbocycles. The molecule has 2 aliphatic heterocycles. The number of fused-ring (bicyclic) bond motifs is 2. The number of esters is 1. The average molecular weight is 478 g/mol. The van der Waals surface area contributed by atoms with Crippen molar-refractivity contribution in [3.8, 4) is 11.5 Å². The highest BCUT2D eigenvalue weighted by Gasteiger charge is 2.50. The maximum Gasteiger partial charge on any atom is 0.416 e. The lowest BCUT2D eigenvalue weighted by Crippen LogP contribution is -2.55. The van der Waals surface area contributed by atoms with Gasteiger partial charge >= 0.3 is 12.1 Å². The van der Waals surface area contributed by atoms with Crippen molar-refractivity contribution in [3.63, 3.8) is 0 Å². The van der Waals surface area contributed by atoms with E-state index in [4.69, 9.17) is 18.9 Å². The molecule has 0 saturated carbocycles. The van der Waals surface area contributed by atoms with Crippen LogP contribution in [-0.4, -0.2) is 87.4 Å². The first-order chi connectivity index (χ1) is 16.4. The zero-order valence-electron chi connectivity index (χ0n) is 19.5. The van der Waals surface area contributed by atoms with Crippen LogP contribution in [-0.2, 0) is 19.0 Å². The Morgan fingerprint density at radius 2 is 1.91 bits per heavy atom. The van der Waals surface area contributed by atoms with E-state index in [0.29, 0.717) is 25.1 Å². The number of benzene rings is 1. The first-order valence-corrected chi connectivity index (χ1v) is 10.9. The number of aliphatic hydroxyl groups is 1. The van der Waals surface area contributed by atoms with Gasteiger partial charge in [0.25, 0.3) is 5.91 Å². The Balaban J connectivity index is 1.96. The van der Waals surface area contributed by atoms with Gasteiger partial charge in [-0.3, -0.25) is 9.59 Å². The summed E-state index contributed by atoms with van der Waals surface area (Å²) in [6.45, 7) is 3.99. The van der Waals surface area contributed by atoms with E-state index in [-0.39, 0.29) is 48.5 Å². The number of hydrogen-bond acceptors (Lipinski definition) is 9. The molecule has 186 valence electrons. The fraction of sp³-hybridized carbons (Fsp3) is 0.522. The van der Waals surface area contributed by atoms with Crippen molar-refractivity contribution in [3.05, 3.63) is 30.4 Å². The van der Waals surface area contributed by atoms with Gasteiger partial charge in [0, 0.05) is 25.6 Å². The summed E-state index contributed by atoms with van der Waals surface area (Å²) in [5.41, 5.74) is 0.282. The molecule has 3 rings (SSSR count). The van der Waals surface area contributed by atoms with E-state index in [9.17, 15) is 19.5 Å². The van der Waals surface area contributed by atoms with E-state index in [0.717, 1.165) is 4.90 Å². The van der Waals surface area contributed by atoms with Crippen LogP contribution in [0.25, 0.3) is 0 Å². The largest absolute Gasteiger partial charge is 0.493 e. The average Bonchev–Trinajstić information content (AvgIpc) is 3.24. The highest BCUT2D eigenvalue weighted by molar-refractivity contribution is 6.06. The van der Waals surface area contributed by atoms with Crippen molar-refractivity contribution in [2.45, 2.75) is 37.6 Å². The topological polar surface area (TPSA) is 124 Å². The quantitative estimate of drug-likeness (QED) is 0.321. The van der Waals surface area contributed by atoms with Crippen LogP contribution in [0.1, 0.15) is 29.6 Å². The minimum absolute atomic E-state index is 0.0829. The summed E-state index contributed by atoms with van der Waals surface area (Å²) >= 11 is 0. The second kappa shape index (κ2) is 11.2. The van der Waals surface area contributed by atoms with Gasteiger partial charge in [-0.05, 0) is 18.9 Å². The maximum atomic E-state index is 13.5. The number of nitrogens with zero attached hydrogens (tertiary/aromatic N) is 2. The number of ether oxygens (including phenoxy) is 5. The highest BCUT2D eigenvalue weighted by Crippen LogP contribution is 2.41. The summed E-state index contributed by atoms with van der Waals surface area (Å²) in [7, 11) is 4.18. The van der Waals surface area contributed by atoms with Crippen LogP contribution in [0.4, 0.5) is 10.5 Å². The molecule has 2 amide bonds. The number of methoxy groups -OCH3 is 3. The van der Waals surface area contributed by atoms with Gasteiger partial charge in [-0.2, -0.15) is 0 Å². The second-order valence-electron chi connectivity index (χ2n) is 7.74. The van der Waals surface area contributed by atoms with Crippen molar-refractivity contribution >= 4 is 23.7 Å². The van der Waals surface area contributed by atoms with Crippen molar-refractivity contribution in [1.29, 1.82) is 0 Å². The molecule has 0 spiro atoms. The van der Waals surface area contributed by atoms with Crippen LogP contribution in [0, 0.1) is 0 Å². The molecule has 0 aromatic heterocycles. The predicted octanol–water partition coefficient (Wildman–Crippen LogP) is 1.72. The minimum atomic E-state index is -1.46. The molecule has 1 fully saturated rings. The molecular weight excluding hydrogens is 448 g/mol. The number of hydrogen-bond donors (Lipinski definition) is 1. The molecule has 11 heteroatoms. The van der Waals surface area contributed by atoms with Gasteiger partial charge in [0.1, 0.15) is 12.6 Å². The fourth-order valence-electron chi connectivity index (χ4n) is 4.21. The summed E-state index contributed by atoms with van der Waals surface area (Å²) in [6, 6.07) is 2.08. The Bertz CT molecular complexity index is 935. The van der Waals surface area contributed by atoms with Gasteiger partial charge in [0.05, 0.1) is 38.7 Å². The summed E-state index contributed by atoms with van der Waals surface area (Å²) < 4.78 is 26.5. The standard InChI is InChI=1S/C23H30N2O9/c1-5-10-34-23(29)25-15-13-18(31-3)17(30-2)12-14(15)21(27)24-9-8-16(20(24)22(25)28)33-11-6-7-19(26)32-4/h5,12-13,16,20,22,28H,1,6-11H2,2-4H3. The molecule has 0 bridgehead atoms. The zero-order valence-corrected chi connectivity index (χ0v) is 19.5. The molecule has 1 N–H and O–H groups in total. The van der Waals surface area contributed by atoms with Crippen LogP contribution in [0.5, 0.6) is 11.5 Å². The van der Waals surface area contributed by atoms with Crippen LogP contribution in [0.2, 0.25) is 0 Å². The third-order valence-electron chi connectivity index (χ3n) is 5.82. The van der Waals surface area contributed by atoms with E-state index in [2.05, 4.69) is 11.3 Å². The Kier molecular flexibility index (Phi) is 8.35. The predicted molar refractivity (Wildman–Crippen MR) is 120 cm³/mol. The molecule has 1 aromatic rings. The van der Waals surface area contributed by atoms with Gasteiger partial charge < -0.3 is 33.7 Å². The lowest BCUT2D eigenvalue weighted by Gasteiger charge is -2.34. The van der Waals surface area contributed by atoms with E-state index in [1.165, 1.54) is 44.4 Å². The monoisotopic (exact) mass is 478 g/mol. The fourth-order valence-corrected chi connectivity index (χ4v) is 4.21. The van der Waals surface area contributed by atoms with Crippen LogP contribution in [0.3, 0.4) is 0 Å². The maximum absolute atomic E-state index is 13.5. The Labute approximate surface area is 197 Å². The summed E-state index contributed by atoms with van der Waals surface area (Å²) in [5.74, 6) is -0.160. The first kappa shape index (κ1) is 25.3. The summed E-state index contributed by atoms with van der Waals surface area (Å²) in [4.78, 5) is 40.4. The van der Waals surface area contributed by atoms with E-state index < -0.39 is 24.5 Å². The van der Waals surface area contributed by atoms with Gasteiger partial charge in [0.2, 0.25) is 0 Å². The van der Waals surface area contributed by atoms with Gasteiger partial charge in [0.15, 0.2) is 17.7 Å². The molecule has 1 saturated heterocycles. The molecule has 34 heavy (non-hydrogen) atoms. The first-order valence-electron chi connectivity index (χ1n) is 10.9. The molecule has 2 heterocycles. The smallest absolute Gasteiger partial charge is 0.416 e. The Morgan fingerprint density at radius 3 is 2.56 bits per heavy atom. The number of amides is 2. The van der Waals surface area contributed by atoms with Gasteiger partial charge in [-0.1, -0.05) is 12.7 Å². The van der Waals surface area contributed by atoms with E-state index in [1.807, 2.05) is 0 Å². The van der Waals surface area contributed by atoms with Crippen LogP contribution < -0.4 is 14.4 Å². The molecule has 2 aliphatic rings. The summed E-state index contributed by atoms with van der Waals surface area (Å²) in [5, 5.41) is 11.4. The van der Waals surface area contributed by atoms with Crippen molar-refractivity contribution in [2.24, 2.45) is 0 Å². The van der Waals surface area contributed by atoms with Crippen LogP contribution >= 0.6 is 0 Å². The normalized spacial score (nSPS) is 21.3. The number of carbonyl (C=O) groups is 3. The molecule has 3 unspecified atom stereocenters. The molecule has 1 aromatic carbocycles. The van der Waals surface area contributed by atoms with Gasteiger partial charge in [-0.25, -0.2) is 9.69 Å². The van der Waals surface area contributed by atoms with Crippen molar-refractivity contribution in [2.75, 3.05) is 46.0 Å². The molecular formula is C23H30N2O9. The third-order valence-corrected chi connectivity index (χ3v) is 5.82. The molecule has 0 radical (unpaired) electrons.